The van der Waals surface area contributed by atoms with E-state index in [-0.39, 0.29) is 5.91 Å². The van der Waals surface area contributed by atoms with Crippen molar-refractivity contribution in [2.45, 2.75) is 6.10 Å². The standard InChI is InChI=1S/C11H11N5O2/c17-9-5-16(6-9)11(18)8-3-1-2-7(4-8)10-12-14-15-13-10/h1-4,9,17H,5-6H2,(H,12,13,14,15). The summed E-state index contributed by atoms with van der Waals surface area (Å²) in [5.41, 5.74) is 1.29. The van der Waals surface area contributed by atoms with Crippen LogP contribution < -0.4 is 0 Å². The molecule has 1 amide bonds. The number of nitrogens with one attached hydrogen (secondary N) is 1. The summed E-state index contributed by atoms with van der Waals surface area (Å²) in [7, 11) is 0. The van der Waals surface area contributed by atoms with E-state index >= 15 is 0 Å². The molecule has 92 valence electrons. The van der Waals surface area contributed by atoms with Gasteiger partial charge in [-0.3, -0.25) is 4.79 Å². The lowest BCUT2D eigenvalue weighted by Gasteiger charge is -2.35. The van der Waals surface area contributed by atoms with E-state index in [0.29, 0.717) is 24.5 Å². The number of tetrazole rings is 1. The lowest BCUT2D eigenvalue weighted by Crippen LogP contribution is -2.53. The first-order valence-electron chi connectivity index (χ1n) is 5.55. The highest BCUT2D eigenvalue weighted by molar-refractivity contribution is 5.95. The van der Waals surface area contributed by atoms with Crippen LogP contribution in [0.25, 0.3) is 11.4 Å². The van der Waals surface area contributed by atoms with Crippen LogP contribution in [0.4, 0.5) is 0 Å². The summed E-state index contributed by atoms with van der Waals surface area (Å²) in [6, 6.07) is 7.04. The molecule has 0 atom stereocenters. The zero-order valence-corrected chi connectivity index (χ0v) is 9.45. The summed E-state index contributed by atoms with van der Waals surface area (Å²) in [4.78, 5) is 13.6. The van der Waals surface area contributed by atoms with E-state index in [9.17, 15) is 9.90 Å². The van der Waals surface area contributed by atoms with Gasteiger partial charge in [0.1, 0.15) is 0 Å². The molecule has 0 saturated carbocycles. The van der Waals surface area contributed by atoms with E-state index in [4.69, 9.17) is 0 Å². The first-order chi connectivity index (χ1) is 8.74. The van der Waals surface area contributed by atoms with Crippen molar-refractivity contribution in [2.24, 2.45) is 0 Å². The van der Waals surface area contributed by atoms with Crippen LogP contribution in [-0.2, 0) is 0 Å². The molecule has 7 nitrogen and oxygen atoms in total. The number of aromatic nitrogens is 4. The van der Waals surface area contributed by atoms with Crippen molar-refractivity contribution in [3.05, 3.63) is 29.8 Å². The Morgan fingerprint density at radius 3 is 2.94 bits per heavy atom. The van der Waals surface area contributed by atoms with Crippen molar-refractivity contribution >= 4 is 5.91 Å². The van der Waals surface area contributed by atoms with Gasteiger partial charge in [-0.1, -0.05) is 12.1 Å². The van der Waals surface area contributed by atoms with E-state index in [1.807, 2.05) is 6.07 Å². The number of aliphatic hydroxyl groups excluding tert-OH is 1. The fourth-order valence-electron chi connectivity index (χ4n) is 1.88. The molecule has 2 aromatic rings. The van der Waals surface area contributed by atoms with Gasteiger partial charge in [-0.2, -0.15) is 5.21 Å². The molecule has 0 aliphatic carbocycles. The Morgan fingerprint density at radius 2 is 2.28 bits per heavy atom. The number of β-amino-alcohol motifs (C(OH)–C–C–N with tert-alkyl or cyclic N) is 1. The van der Waals surface area contributed by atoms with Gasteiger partial charge in [-0.15, -0.1) is 10.2 Å². The number of amides is 1. The number of H-pyrrole nitrogens is 1. The van der Waals surface area contributed by atoms with Crippen LogP contribution in [0.2, 0.25) is 0 Å². The Bertz CT molecular complexity index is 563. The maximum atomic E-state index is 12.0. The number of carbonyl (C=O) groups is 1. The van der Waals surface area contributed by atoms with Crippen molar-refractivity contribution in [1.29, 1.82) is 0 Å². The average molecular weight is 245 g/mol. The van der Waals surface area contributed by atoms with Crippen molar-refractivity contribution < 1.29 is 9.90 Å². The van der Waals surface area contributed by atoms with Gasteiger partial charge in [0.15, 0.2) is 0 Å². The van der Waals surface area contributed by atoms with Gasteiger partial charge >= 0.3 is 0 Å². The second kappa shape index (κ2) is 4.19. The fourth-order valence-corrected chi connectivity index (χ4v) is 1.88. The summed E-state index contributed by atoms with van der Waals surface area (Å²) >= 11 is 0. The molecule has 0 bridgehead atoms. The van der Waals surface area contributed by atoms with Crippen LogP contribution in [0.1, 0.15) is 10.4 Å². The maximum Gasteiger partial charge on any atom is 0.254 e. The minimum absolute atomic E-state index is 0.0920. The molecule has 7 heteroatoms. The number of hydrogen-bond donors (Lipinski definition) is 2. The maximum absolute atomic E-state index is 12.0. The smallest absolute Gasteiger partial charge is 0.254 e. The molecule has 3 rings (SSSR count). The SMILES string of the molecule is O=C(c1cccc(-c2nn[nH]n2)c1)N1CC(O)C1. The van der Waals surface area contributed by atoms with E-state index in [2.05, 4.69) is 20.6 Å². The quantitative estimate of drug-likeness (QED) is 0.756. The lowest BCUT2D eigenvalue weighted by molar-refractivity contribution is 0.00590. The first kappa shape index (κ1) is 10.8. The van der Waals surface area contributed by atoms with Gasteiger partial charge in [0, 0.05) is 24.2 Å². The molecule has 1 fully saturated rings. The van der Waals surface area contributed by atoms with Gasteiger partial charge in [0.05, 0.1) is 6.10 Å². The molecule has 1 aliphatic heterocycles. The highest BCUT2D eigenvalue weighted by Crippen LogP contribution is 2.18. The number of aliphatic hydroxyl groups is 1. The number of carbonyl (C=O) groups excluding carboxylic acids is 1. The molecule has 0 unspecified atom stereocenters. The third-order valence-electron chi connectivity index (χ3n) is 2.86. The minimum atomic E-state index is -0.394. The molecule has 1 aliphatic rings. The monoisotopic (exact) mass is 245 g/mol. The normalized spacial score (nSPS) is 15.5. The van der Waals surface area contributed by atoms with Crippen LogP contribution in [0, 0.1) is 0 Å². The van der Waals surface area contributed by atoms with Gasteiger partial charge in [0.2, 0.25) is 5.82 Å². The molecule has 1 aromatic heterocycles. The van der Waals surface area contributed by atoms with Gasteiger partial charge < -0.3 is 10.0 Å². The number of likely N-dealkylation sites (tertiary alicyclic amines) is 1. The molecule has 0 spiro atoms. The third-order valence-corrected chi connectivity index (χ3v) is 2.86. The molecule has 18 heavy (non-hydrogen) atoms. The average Bonchev–Trinajstić information content (AvgIpc) is 2.88. The van der Waals surface area contributed by atoms with Crippen LogP contribution in [0.5, 0.6) is 0 Å². The minimum Gasteiger partial charge on any atom is -0.389 e. The van der Waals surface area contributed by atoms with E-state index in [0.717, 1.165) is 5.56 Å². The topological polar surface area (TPSA) is 95.0 Å². The third kappa shape index (κ3) is 1.84. The summed E-state index contributed by atoms with van der Waals surface area (Å²) in [6.07, 6.45) is -0.394. The number of rotatable bonds is 2. The fraction of sp³-hybridized carbons (Fsp3) is 0.273. The van der Waals surface area contributed by atoms with E-state index in [1.54, 1.807) is 23.1 Å². The van der Waals surface area contributed by atoms with Gasteiger partial charge in [-0.05, 0) is 17.3 Å². The Labute approximate surface area is 102 Å². The highest BCUT2D eigenvalue weighted by atomic mass is 16.3. The van der Waals surface area contributed by atoms with Crippen LogP contribution >= 0.6 is 0 Å². The number of nitrogens with zero attached hydrogens (tertiary/aromatic N) is 4. The first-order valence-corrected chi connectivity index (χ1v) is 5.55. The largest absolute Gasteiger partial charge is 0.389 e. The summed E-state index contributed by atoms with van der Waals surface area (Å²) < 4.78 is 0. The van der Waals surface area contributed by atoms with E-state index in [1.165, 1.54) is 0 Å². The van der Waals surface area contributed by atoms with E-state index < -0.39 is 6.10 Å². The zero-order chi connectivity index (χ0) is 12.5. The summed E-state index contributed by atoms with van der Waals surface area (Å²) in [6.45, 7) is 0.788. The predicted molar refractivity (Wildman–Crippen MR) is 61.5 cm³/mol. The second-order valence-corrected chi connectivity index (χ2v) is 4.18. The number of hydrogen-bond acceptors (Lipinski definition) is 5. The Morgan fingerprint density at radius 1 is 1.44 bits per heavy atom. The molecular weight excluding hydrogens is 234 g/mol. The Hall–Kier alpha value is -2.28. The van der Waals surface area contributed by atoms with Gasteiger partial charge in [0.25, 0.3) is 5.91 Å². The highest BCUT2D eigenvalue weighted by Gasteiger charge is 2.29. The van der Waals surface area contributed by atoms with Crippen LogP contribution in [-0.4, -0.2) is 55.7 Å². The summed E-state index contributed by atoms with van der Waals surface area (Å²) in [5.74, 6) is 0.360. The Balaban J connectivity index is 1.85. The molecule has 2 N–H and O–H groups in total. The molecule has 0 radical (unpaired) electrons. The zero-order valence-electron chi connectivity index (χ0n) is 9.45. The van der Waals surface area contributed by atoms with Crippen molar-refractivity contribution in [1.82, 2.24) is 25.5 Å². The van der Waals surface area contributed by atoms with Crippen molar-refractivity contribution in [3.63, 3.8) is 0 Å². The lowest BCUT2D eigenvalue weighted by atomic mass is 10.1. The number of benzene rings is 1. The molecular formula is C11H11N5O2. The summed E-state index contributed by atoms with van der Waals surface area (Å²) in [5, 5.41) is 22.8. The predicted octanol–water partition coefficient (Wildman–Crippen LogP) is -0.317. The van der Waals surface area contributed by atoms with Crippen molar-refractivity contribution in [2.75, 3.05) is 13.1 Å². The number of aromatic amines is 1. The Kier molecular flexibility index (Phi) is 2.52. The van der Waals surface area contributed by atoms with Crippen molar-refractivity contribution in [3.8, 4) is 11.4 Å². The second-order valence-electron chi connectivity index (χ2n) is 4.18. The van der Waals surface area contributed by atoms with Crippen LogP contribution in [0.3, 0.4) is 0 Å². The van der Waals surface area contributed by atoms with Gasteiger partial charge in [-0.25, -0.2) is 0 Å². The molecule has 1 aromatic carbocycles. The molecule has 2 heterocycles. The van der Waals surface area contributed by atoms with Crippen LogP contribution in [0.15, 0.2) is 24.3 Å². The molecule has 1 saturated heterocycles.